The summed E-state index contributed by atoms with van der Waals surface area (Å²) in [4.78, 5) is 28.4. The number of ether oxygens (including phenoxy) is 1. The number of hydrogen-bond donors (Lipinski definition) is 2. The quantitative estimate of drug-likeness (QED) is 0.718. The molecule has 3 N–H and O–H groups in total. The zero-order valence-electron chi connectivity index (χ0n) is 12.9. The van der Waals surface area contributed by atoms with Gasteiger partial charge in [-0.05, 0) is 12.1 Å². The smallest absolute Gasteiger partial charge is 0.274 e. The van der Waals surface area contributed by atoms with Gasteiger partial charge in [-0.2, -0.15) is 5.10 Å². The van der Waals surface area contributed by atoms with Gasteiger partial charge in [0.25, 0.3) is 11.5 Å². The first kappa shape index (κ1) is 14.3. The molecular weight excluding hydrogens is 310 g/mol. The average molecular weight is 325 g/mol. The van der Waals surface area contributed by atoms with Gasteiger partial charge in [-0.3, -0.25) is 9.59 Å². The summed E-state index contributed by atoms with van der Waals surface area (Å²) < 4.78 is 7.05. The van der Waals surface area contributed by atoms with Gasteiger partial charge in [0.15, 0.2) is 5.69 Å². The molecular formula is C16H15N5O3. The molecule has 8 heteroatoms. The molecule has 0 saturated heterocycles. The number of amides is 1. The number of carbonyl (C=O) groups is 1. The van der Waals surface area contributed by atoms with Crippen molar-refractivity contribution < 1.29 is 9.53 Å². The van der Waals surface area contributed by atoms with Crippen molar-refractivity contribution >= 4 is 17.1 Å². The van der Waals surface area contributed by atoms with Crippen LogP contribution < -0.4 is 20.9 Å². The molecule has 3 heterocycles. The number of nitrogens with one attached hydrogen (secondary N) is 1. The Balaban J connectivity index is 1.84. The van der Waals surface area contributed by atoms with Crippen molar-refractivity contribution in [1.82, 2.24) is 14.6 Å². The lowest BCUT2D eigenvalue weighted by Crippen LogP contribution is -2.28. The predicted octanol–water partition coefficient (Wildman–Crippen LogP) is 0.617. The minimum atomic E-state index is -0.676. The normalized spacial score (nSPS) is 13.6. The minimum absolute atomic E-state index is 0.0491. The van der Waals surface area contributed by atoms with Crippen LogP contribution in [0.25, 0.3) is 16.8 Å². The third-order valence-corrected chi connectivity index (χ3v) is 4.09. The molecule has 0 atom stereocenters. The summed E-state index contributed by atoms with van der Waals surface area (Å²) in [7, 11) is 2.00. The molecule has 0 unspecified atom stereocenters. The lowest BCUT2D eigenvalue weighted by Gasteiger charge is -2.27. The molecule has 0 spiro atoms. The van der Waals surface area contributed by atoms with E-state index in [1.54, 1.807) is 6.20 Å². The van der Waals surface area contributed by atoms with Gasteiger partial charge in [0.05, 0.1) is 24.1 Å². The Morgan fingerprint density at radius 2 is 2.21 bits per heavy atom. The lowest BCUT2D eigenvalue weighted by atomic mass is 10.1. The first-order valence-electron chi connectivity index (χ1n) is 7.44. The lowest BCUT2D eigenvalue weighted by molar-refractivity contribution is 0.0995. The zero-order valence-corrected chi connectivity index (χ0v) is 12.9. The fourth-order valence-corrected chi connectivity index (χ4v) is 2.80. The Hall–Kier alpha value is -3.29. The number of likely N-dealkylation sites (N-methyl/N-ethyl adjacent to an activating group) is 1. The van der Waals surface area contributed by atoms with E-state index in [-0.39, 0.29) is 16.8 Å². The van der Waals surface area contributed by atoms with Crippen LogP contribution in [0.15, 0.2) is 35.3 Å². The summed E-state index contributed by atoms with van der Waals surface area (Å²) in [5.74, 6) is 0.0883. The van der Waals surface area contributed by atoms with E-state index in [2.05, 4.69) is 15.0 Å². The fraction of sp³-hybridized carbons (Fsp3) is 0.188. The van der Waals surface area contributed by atoms with Crippen molar-refractivity contribution in [3.63, 3.8) is 0 Å². The molecule has 0 radical (unpaired) electrons. The van der Waals surface area contributed by atoms with Crippen LogP contribution in [0.4, 0.5) is 5.69 Å². The monoisotopic (exact) mass is 325 g/mol. The van der Waals surface area contributed by atoms with Gasteiger partial charge in [-0.1, -0.05) is 6.07 Å². The van der Waals surface area contributed by atoms with Crippen LogP contribution in [0.2, 0.25) is 0 Å². The molecule has 1 aliphatic heterocycles. The van der Waals surface area contributed by atoms with Crippen LogP contribution in [-0.2, 0) is 0 Å². The fourth-order valence-electron chi connectivity index (χ4n) is 2.80. The molecule has 4 rings (SSSR count). The van der Waals surface area contributed by atoms with E-state index in [0.29, 0.717) is 12.3 Å². The van der Waals surface area contributed by atoms with Crippen LogP contribution >= 0.6 is 0 Å². The zero-order chi connectivity index (χ0) is 16.8. The number of nitrogens with two attached hydrogens (primary N) is 1. The van der Waals surface area contributed by atoms with Crippen LogP contribution in [0.1, 0.15) is 10.5 Å². The molecule has 2 aromatic heterocycles. The van der Waals surface area contributed by atoms with Gasteiger partial charge >= 0.3 is 0 Å². The standard InChI is InChI=1S/C16H15N5O3/c1-20-4-5-24-14-6-9(2-3-12(14)20)11-8-21-13(16(23)18-11)7-10(19-21)15(17)22/h2-3,6-8H,4-5H2,1H3,(H2,17,22)(H,18,23). The molecule has 0 fully saturated rings. The summed E-state index contributed by atoms with van der Waals surface area (Å²) in [5.41, 5.74) is 7.56. The number of benzene rings is 1. The maximum absolute atomic E-state index is 12.2. The van der Waals surface area contributed by atoms with E-state index in [0.717, 1.165) is 23.5 Å². The van der Waals surface area contributed by atoms with Crippen molar-refractivity contribution in [2.75, 3.05) is 25.1 Å². The Labute approximate surface area is 136 Å². The Kier molecular flexibility index (Phi) is 3.05. The van der Waals surface area contributed by atoms with Gasteiger partial charge in [0.2, 0.25) is 0 Å². The number of aromatic amines is 1. The van der Waals surface area contributed by atoms with Crippen molar-refractivity contribution in [3.8, 4) is 17.0 Å². The molecule has 0 aliphatic carbocycles. The summed E-state index contributed by atoms with van der Waals surface area (Å²) in [5, 5.41) is 4.04. The Morgan fingerprint density at radius 3 is 3.00 bits per heavy atom. The number of hydrogen-bond acceptors (Lipinski definition) is 5. The molecule has 3 aromatic rings. The summed E-state index contributed by atoms with van der Waals surface area (Å²) in [6, 6.07) is 7.10. The Morgan fingerprint density at radius 1 is 1.38 bits per heavy atom. The van der Waals surface area contributed by atoms with Crippen molar-refractivity contribution in [3.05, 3.63) is 46.5 Å². The number of anilines is 1. The van der Waals surface area contributed by atoms with Gasteiger partial charge < -0.3 is 20.4 Å². The van der Waals surface area contributed by atoms with Crippen molar-refractivity contribution in [1.29, 1.82) is 0 Å². The molecule has 0 saturated carbocycles. The second-order valence-electron chi connectivity index (χ2n) is 5.67. The average Bonchev–Trinajstić information content (AvgIpc) is 3.00. The third-order valence-electron chi connectivity index (χ3n) is 4.09. The van der Waals surface area contributed by atoms with Gasteiger partial charge in [0, 0.05) is 18.7 Å². The van der Waals surface area contributed by atoms with Gasteiger partial charge in [-0.15, -0.1) is 0 Å². The first-order valence-corrected chi connectivity index (χ1v) is 7.44. The molecule has 1 amide bonds. The predicted molar refractivity (Wildman–Crippen MR) is 88.5 cm³/mol. The Bertz CT molecular complexity index is 1020. The molecule has 0 bridgehead atoms. The highest BCUT2D eigenvalue weighted by Gasteiger charge is 2.17. The largest absolute Gasteiger partial charge is 0.490 e. The minimum Gasteiger partial charge on any atom is -0.490 e. The molecule has 8 nitrogen and oxygen atoms in total. The maximum atomic E-state index is 12.2. The van der Waals surface area contributed by atoms with E-state index < -0.39 is 5.91 Å². The van der Waals surface area contributed by atoms with Crippen LogP contribution in [0, 0.1) is 0 Å². The number of H-pyrrole nitrogens is 1. The highest BCUT2D eigenvalue weighted by atomic mass is 16.5. The molecule has 1 aromatic carbocycles. The van der Waals surface area contributed by atoms with E-state index in [1.165, 1.54) is 10.6 Å². The highest BCUT2D eigenvalue weighted by Crippen LogP contribution is 2.34. The van der Waals surface area contributed by atoms with E-state index in [9.17, 15) is 9.59 Å². The SMILES string of the molecule is CN1CCOc2cc(-c3cn4nc(C(N)=O)cc4c(=O)[nH]3)ccc21. The van der Waals surface area contributed by atoms with E-state index in [4.69, 9.17) is 10.5 Å². The second-order valence-corrected chi connectivity index (χ2v) is 5.67. The van der Waals surface area contributed by atoms with E-state index >= 15 is 0 Å². The number of rotatable bonds is 2. The summed E-state index contributed by atoms with van der Waals surface area (Å²) >= 11 is 0. The molecule has 122 valence electrons. The van der Waals surface area contributed by atoms with Gasteiger partial charge in [-0.25, -0.2) is 4.52 Å². The van der Waals surface area contributed by atoms with Crippen LogP contribution in [0.3, 0.4) is 0 Å². The number of fused-ring (bicyclic) bond motifs is 2. The number of aromatic nitrogens is 3. The highest BCUT2D eigenvalue weighted by molar-refractivity contribution is 5.92. The number of primary amides is 1. The molecule has 1 aliphatic rings. The number of carbonyl (C=O) groups excluding carboxylic acids is 1. The summed E-state index contributed by atoms with van der Waals surface area (Å²) in [6.45, 7) is 1.45. The maximum Gasteiger partial charge on any atom is 0.274 e. The van der Waals surface area contributed by atoms with Crippen LogP contribution in [0.5, 0.6) is 5.75 Å². The van der Waals surface area contributed by atoms with Crippen molar-refractivity contribution in [2.24, 2.45) is 5.73 Å². The topological polar surface area (TPSA) is 106 Å². The summed E-state index contributed by atoms with van der Waals surface area (Å²) in [6.07, 6.45) is 1.65. The first-order chi connectivity index (χ1) is 11.5. The van der Waals surface area contributed by atoms with E-state index in [1.807, 2.05) is 25.2 Å². The third kappa shape index (κ3) is 2.19. The van der Waals surface area contributed by atoms with Gasteiger partial charge in [0.1, 0.15) is 17.9 Å². The van der Waals surface area contributed by atoms with Crippen molar-refractivity contribution in [2.45, 2.75) is 0 Å². The molecule has 24 heavy (non-hydrogen) atoms. The second kappa shape index (κ2) is 5.12. The van der Waals surface area contributed by atoms with Crippen LogP contribution in [-0.4, -0.2) is 40.7 Å². The number of nitrogens with zero attached hydrogens (tertiary/aromatic N) is 3.